The summed E-state index contributed by atoms with van der Waals surface area (Å²) in [6.45, 7) is 1.28. The predicted octanol–water partition coefficient (Wildman–Crippen LogP) is 4.12. The topological polar surface area (TPSA) is 108 Å². The molecule has 0 radical (unpaired) electrons. The molecule has 4 atom stereocenters. The van der Waals surface area contributed by atoms with E-state index in [1.807, 2.05) is 0 Å². The van der Waals surface area contributed by atoms with Crippen LogP contribution in [0.4, 0.5) is 13.6 Å². The Morgan fingerprint density at radius 1 is 1.30 bits per heavy atom. The zero-order valence-electron chi connectivity index (χ0n) is 21.7. The number of rotatable bonds is 11. The number of unbranched alkanes of at least 4 members (excludes halogenated alkanes) is 1. The molecule has 10 heteroatoms. The van der Waals surface area contributed by atoms with Crippen LogP contribution in [0.15, 0.2) is 18.2 Å². The van der Waals surface area contributed by atoms with E-state index in [-0.39, 0.29) is 35.6 Å². The van der Waals surface area contributed by atoms with Crippen molar-refractivity contribution in [1.29, 1.82) is 0 Å². The van der Waals surface area contributed by atoms with Crippen LogP contribution in [-0.4, -0.2) is 72.8 Å². The number of nitrogens with zero attached hydrogens (tertiary/aromatic N) is 1. The fourth-order valence-electron chi connectivity index (χ4n) is 5.87. The SMILES string of the molecule is COCCCC[C@@](O)(c1cccc(Cl)c1F)C1CCCN(C(=O)N[C@H](CN)[C@@H](O)C2CCC(F)CC2)C1. The number of alkyl halides is 1. The number of hydrogen-bond donors (Lipinski definition) is 4. The fraction of sp³-hybridized carbons (Fsp3) is 0.741. The lowest BCUT2D eigenvalue weighted by Crippen LogP contribution is -2.57. The van der Waals surface area contributed by atoms with Crippen molar-refractivity contribution in [3.8, 4) is 0 Å². The first-order valence-corrected chi connectivity index (χ1v) is 13.8. The van der Waals surface area contributed by atoms with Gasteiger partial charge in [-0.1, -0.05) is 23.7 Å². The first-order valence-electron chi connectivity index (χ1n) is 13.4. The summed E-state index contributed by atoms with van der Waals surface area (Å²) >= 11 is 6.06. The van der Waals surface area contributed by atoms with E-state index in [1.54, 1.807) is 24.1 Å². The van der Waals surface area contributed by atoms with Gasteiger partial charge in [0.25, 0.3) is 0 Å². The largest absolute Gasteiger partial charge is 0.391 e. The second-order valence-electron chi connectivity index (χ2n) is 10.6. The quantitative estimate of drug-likeness (QED) is 0.313. The number of nitrogens with one attached hydrogen (secondary N) is 1. The van der Waals surface area contributed by atoms with Gasteiger partial charge in [0.2, 0.25) is 0 Å². The number of ether oxygens (including phenoxy) is 1. The molecule has 2 fully saturated rings. The number of amides is 2. The molecule has 5 N–H and O–H groups in total. The third-order valence-corrected chi connectivity index (χ3v) is 8.41. The number of halogens is 3. The molecule has 0 spiro atoms. The molecule has 1 aliphatic carbocycles. The Kier molecular flexibility index (Phi) is 11.4. The van der Waals surface area contributed by atoms with Crippen LogP contribution in [0.25, 0.3) is 0 Å². The zero-order valence-corrected chi connectivity index (χ0v) is 22.4. The van der Waals surface area contributed by atoms with Crippen LogP contribution in [0.2, 0.25) is 5.02 Å². The van der Waals surface area contributed by atoms with Crippen LogP contribution in [0.5, 0.6) is 0 Å². The number of urea groups is 1. The highest BCUT2D eigenvalue weighted by atomic mass is 35.5. The third kappa shape index (κ3) is 7.53. The van der Waals surface area contributed by atoms with Crippen molar-refractivity contribution in [1.82, 2.24) is 10.2 Å². The summed E-state index contributed by atoms with van der Waals surface area (Å²) in [5.41, 5.74) is 4.52. The van der Waals surface area contributed by atoms with Crippen LogP contribution < -0.4 is 11.1 Å². The number of aliphatic hydroxyl groups excluding tert-OH is 1. The highest BCUT2D eigenvalue weighted by Crippen LogP contribution is 2.42. The molecule has 7 nitrogen and oxygen atoms in total. The first kappa shape index (κ1) is 30.0. The highest BCUT2D eigenvalue weighted by molar-refractivity contribution is 6.30. The van der Waals surface area contributed by atoms with E-state index >= 15 is 4.39 Å². The van der Waals surface area contributed by atoms with Gasteiger partial charge >= 0.3 is 6.03 Å². The van der Waals surface area contributed by atoms with Crippen LogP contribution in [0, 0.1) is 17.7 Å². The maximum atomic E-state index is 15.1. The van der Waals surface area contributed by atoms with Gasteiger partial charge < -0.3 is 30.9 Å². The third-order valence-electron chi connectivity index (χ3n) is 8.12. The van der Waals surface area contributed by atoms with Crippen molar-refractivity contribution in [2.75, 3.05) is 33.4 Å². The number of nitrogens with two attached hydrogens (primary N) is 1. The predicted molar refractivity (Wildman–Crippen MR) is 140 cm³/mol. The monoisotopic (exact) mass is 545 g/mol. The second-order valence-corrected chi connectivity index (χ2v) is 11.0. The van der Waals surface area contributed by atoms with Crippen molar-refractivity contribution < 1.29 is 28.5 Å². The van der Waals surface area contributed by atoms with Gasteiger partial charge in [0.05, 0.1) is 22.8 Å². The minimum Gasteiger partial charge on any atom is -0.391 e. The van der Waals surface area contributed by atoms with Gasteiger partial charge in [0.1, 0.15) is 12.0 Å². The lowest BCUT2D eigenvalue weighted by atomic mass is 9.74. The van der Waals surface area contributed by atoms with Gasteiger partial charge in [-0.15, -0.1) is 0 Å². The van der Waals surface area contributed by atoms with Crippen molar-refractivity contribution in [2.45, 2.75) is 81.7 Å². The number of methoxy groups -OCH3 is 1. The Balaban J connectivity index is 1.72. The molecule has 1 saturated carbocycles. The average molecular weight is 546 g/mol. The van der Waals surface area contributed by atoms with Gasteiger partial charge in [-0.3, -0.25) is 0 Å². The summed E-state index contributed by atoms with van der Waals surface area (Å²) in [6, 6.07) is 3.59. The molecular weight excluding hydrogens is 504 g/mol. The van der Waals surface area contributed by atoms with Crippen molar-refractivity contribution in [3.63, 3.8) is 0 Å². The summed E-state index contributed by atoms with van der Waals surface area (Å²) in [5, 5.41) is 25.6. The minimum atomic E-state index is -1.51. The molecule has 1 aromatic carbocycles. The molecule has 1 heterocycles. The lowest BCUT2D eigenvalue weighted by molar-refractivity contribution is -0.0590. The summed E-state index contributed by atoms with van der Waals surface area (Å²) in [5.74, 6) is -1.17. The lowest BCUT2D eigenvalue weighted by Gasteiger charge is -2.43. The molecule has 1 unspecified atom stereocenters. The maximum absolute atomic E-state index is 15.1. The summed E-state index contributed by atoms with van der Waals surface area (Å²) in [6.07, 6.45) is 3.10. The van der Waals surface area contributed by atoms with Crippen LogP contribution in [-0.2, 0) is 10.3 Å². The molecule has 1 saturated heterocycles. The molecule has 1 aromatic rings. The van der Waals surface area contributed by atoms with Gasteiger partial charge in [-0.25, -0.2) is 13.6 Å². The van der Waals surface area contributed by atoms with Crippen LogP contribution >= 0.6 is 11.6 Å². The van der Waals surface area contributed by atoms with E-state index in [2.05, 4.69) is 5.32 Å². The molecule has 0 bridgehead atoms. The number of carbonyl (C=O) groups excluding carboxylic acids is 1. The van der Waals surface area contributed by atoms with Gasteiger partial charge in [0, 0.05) is 44.8 Å². The molecule has 2 amide bonds. The van der Waals surface area contributed by atoms with Gasteiger partial charge in [-0.05, 0) is 69.8 Å². The maximum Gasteiger partial charge on any atom is 0.317 e. The molecule has 1 aliphatic heterocycles. The van der Waals surface area contributed by atoms with Crippen molar-refractivity contribution in [3.05, 3.63) is 34.6 Å². The molecule has 0 aromatic heterocycles. The van der Waals surface area contributed by atoms with Crippen molar-refractivity contribution >= 4 is 17.6 Å². The van der Waals surface area contributed by atoms with Crippen LogP contribution in [0.1, 0.15) is 63.4 Å². The van der Waals surface area contributed by atoms with Gasteiger partial charge in [0.15, 0.2) is 0 Å². The Morgan fingerprint density at radius 2 is 2.03 bits per heavy atom. The normalized spacial score (nSPS) is 25.8. The summed E-state index contributed by atoms with van der Waals surface area (Å²) < 4.78 is 33.8. The standard InChI is InChI=1S/C27H42ClF2N3O4/c1-37-15-3-2-13-27(36,21-7-4-8-22(28)24(21)30)19-6-5-14-33(17-19)26(35)32-23(16-31)25(34)18-9-11-20(29)12-10-18/h4,7-8,18-20,23,25,34,36H,2-3,5-6,9-17,31H2,1H3,(H,32,35)/t18?,19?,20?,23-,25+,27+/m1/s1. The number of aliphatic hydroxyl groups is 2. The van der Waals surface area contributed by atoms with E-state index < -0.39 is 35.7 Å². The molecule has 210 valence electrons. The van der Waals surface area contributed by atoms with E-state index in [1.165, 1.54) is 6.07 Å². The van der Waals surface area contributed by atoms with Crippen molar-refractivity contribution in [2.24, 2.45) is 17.6 Å². The summed E-state index contributed by atoms with van der Waals surface area (Å²) in [4.78, 5) is 14.8. The number of hydrogen-bond acceptors (Lipinski definition) is 5. The number of benzene rings is 1. The fourth-order valence-corrected chi connectivity index (χ4v) is 6.05. The number of likely N-dealkylation sites (tertiary alicyclic amines) is 1. The zero-order chi connectivity index (χ0) is 27.0. The Hall–Kier alpha value is -1.52. The van der Waals surface area contributed by atoms with Crippen LogP contribution in [0.3, 0.4) is 0 Å². The second kappa shape index (κ2) is 14.0. The number of piperidine rings is 1. The molecule has 3 rings (SSSR count). The number of carbonyl (C=O) groups is 1. The Labute approximate surface area is 223 Å². The smallest absolute Gasteiger partial charge is 0.317 e. The Bertz CT molecular complexity index is 874. The van der Waals surface area contributed by atoms with E-state index in [9.17, 15) is 19.4 Å². The van der Waals surface area contributed by atoms with E-state index in [0.29, 0.717) is 70.9 Å². The van der Waals surface area contributed by atoms with E-state index in [0.717, 1.165) is 0 Å². The molecule has 37 heavy (non-hydrogen) atoms. The Morgan fingerprint density at radius 3 is 2.70 bits per heavy atom. The average Bonchev–Trinajstić information content (AvgIpc) is 2.91. The van der Waals surface area contributed by atoms with E-state index in [4.69, 9.17) is 22.1 Å². The first-order chi connectivity index (χ1) is 17.7. The molecular formula is C27H42ClF2N3O4. The van der Waals surface area contributed by atoms with Gasteiger partial charge in [-0.2, -0.15) is 0 Å². The highest BCUT2D eigenvalue weighted by Gasteiger charge is 2.43. The minimum absolute atomic E-state index is 0.0525. The summed E-state index contributed by atoms with van der Waals surface area (Å²) in [7, 11) is 1.61. The molecule has 2 aliphatic rings.